The van der Waals surface area contributed by atoms with Gasteiger partial charge in [-0.15, -0.1) is 0 Å². The fraction of sp³-hybridized carbons (Fsp3) is 0.588. The highest BCUT2D eigenvalue weighted by Crippen LogP contribution is 2.15. The van der Waals surface area contributed by atoms with E-state index in [2.05, 4.69) is 41.4 Å². The Balaban J connectivity index is 1.78. The van der Waals surface area contributed by atoms with Crippen LogP contribution in [0.1, 0.15) is 38.3 Å². The van der Waals surface area contributed by atoms with Crippen LogP contribution in [-0.2, 0) is 11.3 Å². The van der Waals surface area contributed by atoms with Gasteiger partial charge in [-0.1, -0.05) is 29.8 Å². The molecule has 0 radical (unpaired) electrons. The Hall–Kier alpha value is -1.55. The summed E-state index contributed by atoms with van der Waals surface area (Å²) in [6, 6.07) is 8.81. The van der Waals surface area contributed by atoms with Crippen molar-refractivity contribution in [2.24, 2.45) is 0 Å². The van der Waals surface area contributed by atoms with Crippen LogP contribution in [-0.4, -0.2) is 35.7 Å². The second kappa shape index (κ2) is 6.48. The van der Waals surface area contributed by atoms with Gasteiger partial charge in [-0.2, -0.15) is 0 Å². The Morgan fingerprint density at radius 3 is 2.62 bits per heavy atom. The van der Waals surface area contributed by atoms with Crippen LogP contribution in [0.2, 0.25) is 0 Å². The van der Waals surface area contributed by atoms with E-state index >= 15 is 0 Å². The standard InChI is InChI=1S/C17H26N2O2/c1-13-5-7-14(8-6-13)11-19-10-9-15(12-19)18-16(20)21-17(2,3)4/h5-8,15H,9-12H2,1-4H3,(H,18,20)/t15-/m0/s1. The summed E-state index contributed by atoms with van der Waals surface area (Å²) in [7, 11) is 0. The minimum absolute atomic E-state index is 0.185. The molecule has 2 rings (SSSR count). The molecule has 4 nitrogen and oxygen atoms in total. The molecule has 1 amide bonds. The van der Waals surface area contributed by atoms with Crippen LogP contribution in [0.15, 0.2) is 24.3 Å². The number of hydrogen-bond donors (Lipinski definition) is 1. The Bertz CT molecular complexity index is 477. The number of rotatable bonds is 3. The fourth-order valence-electron chi connectivity index (χ4n) is 2.52. The van der Waals surface area contributed by atoms with Crippen molar-refractivity contribution < 1.29 is 9.53 Å². The van der Waals surface area contributed by atoms with Crippen LogP contribution in [0, 0.1) is 6.92 Å². The number of benzene rings is 1. The highest BCUT2D eigenvalue weighted by Gasteiger charge is 2.25. The van der Waals surface area contributed by atoms with Gasteiger partial charge in [-0.3, -0.25) is 4.90 Å². The van der Waals surface area contributed by atoms with E-state index in [4.69, 9.17) is 4.74 Å². The summed E-state index contributed by atoms with van der Waals surface area (Å²) >= 11 is 0. The van der Waals surface area contributed by atoms with Crippen molar-refractivity contribution in [3.05, 3.63) is 35.4 Å². The van der Waals surface area contributed by atoms with Gasteiger partial charge in [0.05, 0.1) is 0 Å². The van der Waals surface area contributed by atoms with Crippen molar-refractivity contribution in [3.63, 3.8) is 0 Å². The van der Waals surface area contributed by atoms with Gasteiger partial charge in [0.25, 0.3) is 0 Å². The summed E-state index contributed by atoms with van der Waals surface area (Å²) in [4.78, 5) is 14.1. The van der Waals surface area contributed by atoms with Crippen LogP contribution in [0.3, 0.4) is 0 Å². The van der Waals surface area contributed by atoms with Crippen molar-refractivity contribution in [3.8, 4) is 0 Å². The van der Waals surface area contributed by atoms with E-state index < -0.39 is 5.60 Å². The molecule has 1 atom stereocenters. The predicted octanol–water partition coefficient (Wildman–Crippen LogP) is 3.09. The number of aryl methyl sites for hydroxylation is 1. The first-order chi connectivity index (χ1) is 9.82. The minimum atomic E-state index is -0.440. The van der Waals surface area contributed by atoms with E-state index in [1.165, 1.54) is 11.1 Å². The average molecular weight is 290 g/mol. The first-order valence-corrected chi connectivity index (χ1v) is 7.59. The molecule has 0 aromatic heterocycles. The molecule has 1 aromatic rings. The molecule has 1 aliphatic heterocycles. The Morgan fingerprint density at radius 2 is 2.00 bits per heavy atom. The molecule has 0 bridgehead atoms. The molecule has 1 saturated heterocycles. The maximum atomic E-state index is 11.8. The van der Waals surface area contributed by atoms with Gasteiger partial charge in [0, 0.05) is 25.7 Å². The smallest absolute Gasteiger partial charge is 0.407 e. The first-order valence-electron chi connectivity index (χ1n) is 7.59. The van der Waals surface area contributed by atoms with Gasteiger partial charge >= 0.3 is 6.09 Å². The van der Waals surface area contributed by atoms with E-state index in [0.29, 0.717) is 0 Å². The van der Waals surface area contributed by atoms with E-state index in [9.17, 15) is 4.79 Å². The quantitative estimate of drug-likeness (QED) is 0.930. The van der Waals surface area contributed by atoms with Gasteiger partial charge in [0.2, 0.25) is 0 Å². The predicted molar refractivity (Wildman–Crippen MR) is 84.2 cm³/mol. The topological polar surface area (TPSA) is 41.6 Å². The number of hydrogen-bond acceptors (Lipinski definition) is 3. The molecule has 0 aliphatic carbocycles. The van der Waals surface area contributed by atoms with Gasteiger partial charge in [-0.25, -0.2) is 4.79 Å². The number of carbonyl (C=O) groups is 1. The summed E-state index contributed by atoms with van der Waals surface area (Å²) < 4.78 is 5.30. The van der Waals surface area contributed by atoms with Crippen LogP contribution in [0.5, 0.6) is 0 Å². The number of ether oxygens (including phenoxy) is 1. The summed E-state index contributed by atoms with van der Waals surface area (Å²) in [5, 5.41) is 2.96. The van der Waals surface area contributed by atoms with Gasteiger partial charge in [0.1, 0.15) is 5.60 Å². The van der Waals surface area contributed by atoms with E-state index in [-0.39, 0.29) is 12.1 Å². The largest absolute Gasteiger partial charge is 0.444 e. The molecular weight excluding hydrogens is 264 g/mol. The highest BCUT2D eigenvalue weighted by molar-refractivity contribution is 5.68. The zero-order chi connectivity index (χ0) is 15.5. The second-order valence-electron chi connectivity index (χ2n) is 6.85. The fourth-order valence-corrected chi connectivity index (χ4v) is 2.52. The van der Waals surface area contributed by atoms with Crippen LogP contribution in [0.25, 0.3) is 0 Å². The Morgan fingerprint density at radius 1 is 1.33 bits per heavy atom. The van der Waals surface area contributed by atoms with E-state index in [1.54, 1.807) is 0 Å². The lowest BCUT2D eigenvalue weighted by molar-refractivity contribution is 0.0506. The number of alkyl carbamates (subject to hydrolysis) is 1. The Kier molecular flexibility index (Phi) is 4.88. The number of nitrogens with one attached hydrogen (secondary N) is 1. The number of amides is 1. The summed E-state index contributed by atoms with van der Waals surface area (Å²) in [6.45, 7) is 10.6. The van der Waals surface area contributed by atoms with Gasteiger partial charge in [-0.05, 0) is 39.7 Å². The van der Waals surface area contributed by atoms with Crippen molar-refractivity contribution >= 4 is 6.09 Å². The van der Waals surface area contributed by atoms with Crippen LogP contribution in [0.4, 0.5) is 4.79 Å². The molecule has 1 aromatic carbocycles. The second-order valence-corrected chi connectivity index (χ2v) is 6.85. The lowest BCUT2D eigenvalue weighted by Gasteiger charge is -2.22. The zero-order valence-electron chi connectivity index (χ0n) is 13.5. The summed E-state index contributed by atoms with van der Waals surface area (Å²) in [5.41, 5.74) is 2.16. The molecular formula is C17H26N2O2. The summed E-state index contributed by atoms with van der Waals surface area (Å²) in [6.07, 6.45) is 0.662. The maximum absolute atomic E-state index is 11.8. The normalized spacial score (nSPS) is 19.5. The molecule has 116 valence electrons. The van der Waals surface area contributed by atoms with E-state index in [0.717, 1.165) is 26.1 Å². The van der Waals surface area contributed by atoms with Crippen LogP contribution >= 0.6 is 0 Å². The molecule has 0 saturated carbocycles. The van der Waals surface area contributed by atoms with Crippen LogP contribution < -0.4 is 5.32 Å². The van der Waals surface area contributed by atoms with Gasteiger partial charge < -0.3 is 10.1 Å². The third kappa shape index (κ3) is 5.38. The molecule has 1 fully saturated rings. The molecule has 0 spiro atoms. The minimum Gasteiger partial charge on any atom is -0.444 e. The lowest BCUT2D eigenvalue weighted by atomic mass is 10.1. The SMILES string of the molecule is Cc1ccc(CN2CC[C@H](NC(=O)OC(C)(C)C)C2)cc1. The third-order valence-electron chi connectivity index (χ3n) is 3.52. The maximum Gasteiger partial charge on any atom is 0.407 e. The molecule has 4 heteroatoms. The van der Waals surface area contributed by atoms with Crippen molar-refractivity contribution in [1.29, 1.82) is 0 Å². The molecule has 1 aliphatic rings. The van der Waals surface area contributed by atoms with E-state index in [1.807, 2.05) is 20.8 Å². The first kappa shape index (κ1) is 15.8. The zero-order valence-corrected chi connectivity index (χ0v) is 13.5. The lowest BCUT2D eigenvalue weighted by Crippen LogP contribution is -2.40. The average Bonchev–Trinajstić information content (AvgIpc) is 2.77. The summed E-state index contributed by atoms with van der Waals surface area (Å²) in [5.74, 6) is 0. The highest BCUT2D eigenvalue weighted by atomic mass is 16.6. The van der Waals surface area contributed by atoms with Gasteiger partial charge in [0.15, 0.2) is 0 Å². The van der Waals surface area contributed by atoms with Crippen molar-refractivity contribution in [2.45, 2.75) is 52.3 Å². The number of likely N-dealkylation sites (tertiary alicyclic amines) is 1. The molecule has 0 unspecified atom stereocenters. The van der Waals surface area contributed by atoms with Crippen molar-refractivity contribution in [1.82, 2.24) is 10.2 Å². The molecule has 21 heavy (non-hydrogen) atoms. The molecule has 1 N–H and O–H groups in total. The van der Waals surface area contributed by atoms with Crippen molar-refractivity contribution in [2.75, 3.05) is 13.1 Å². The monoisotopic (exact) mass is 290 g/mol. The number of nitrogens with zero attached hydrogens (tertiary/aromatic N) is 1. The Labute approximate surface area is 127 Å². The number of carbonyl (C=O) groups excluding carboxylic acids is 1. The third-order valence-corrected chi connectivity index (χ3v) is 3.52. The molecule has 1 heterocycles.